The minimum atomic E-state index is -0.209. The fourth-order valence-corrected chi connectivity index (χ4v) is 3.51. The first kappa shape index (κ1) is 18.5. The van der Waals surface area contributed by atoms with E-state index in [1.165, 1.54) is 4.68 Å². The van der Waals surface area contributed by atoms with E-state index in [1.54, 1.807) is 49.5 Å². The van der Waals surface area contributed by atoms with Crippen molar-refractivity contribution in [1.82, 2.24) is 14.3 Å². The largest absolute Gasteiger partial charge is 0.338 e. The van der Waals surface area contributed by atoms with Crippen LogP contribution in [0, 0.1) is 0 Å². The summed E-state index contributed by atoms with van der Waals surface area (Å²) in [5, 5.41) is 5.50. The minimum absolute atomic E-state index is 0.0682. The van der Waals surface area contributed by atoms with Crippen molar-refractivity contribution in [3.63, 3.8) is 0 Å². The average molecular weight is 412 g/mol. The average Bonchev–Trinajstić information content (AvgIpc) is 3.11. The zero-order valence-corrected chi connectivity index (χ0v) is 16.4. The number of fused-ring (bicyclic) bond motifs is 1. The second-order valence-electron chi connectivity index (χ2n) is 6.46. The first-order valence-corrected chi connectivity index (χ1v) is 9.30. The molecule has 140 valence electrons. The molecular formula is C21H15Cl2N3O2. The van der Waals surface area contributed by atoms with Crippen LogP contribution < -0.4 is 5.56 Å². The third-order valence-corrected chi connectivity index (χ3v) is 5.13. The highest BCUT2D eigenvalue weighted by Gasteiger charge is 2.13. The molecule has 0 N–H and O–H groups in total. The molecule has 2 aromatic heterocycles. The summed E-state index contributed by atoms with van der Waals surface area (Å²) in [5.41, 5.74) is 2.42. The fourth-order valence-electron chi connectivity index (χ4n) is 3.12. The summed E-state index contributed by atoms with van der Waals surface area (Å²) in [6.45, 7) is 0.481. The molecule has 0 aliphatic rings. The Labute approximate surface area is 170 Å². The quantitative estimate of drug-likeness (QED) is 0.469. The molecule has 0 aliphatic carbocycles. The third-order valence-electron chi connectivity index (χ3n) is 4.60. The van der Waals surface area contributed by atoms with Gasteiger partial charge in [-0.3, -0.25) is 9.59 Å². The number of nitrogens with zero attached hydrogens (tertiary/aromatic N) is 3. The third kappa shape index (κ3) is 3.35. The van der Waals surface area contributed by atoms with Gasteiger partial charge in [-0.15, -0.1) is 0 Å². The number of aromatic nitrogens is 3. The zero-order chi connectivity index (χ0) is 19.8. The normalized spacial score (nSPS) is 11.1. The highest BCUT2D eigenvalue weighted by atomic mass is 35.5. The van der Waals surface area contributed by atoms with E-state index < -0.39 is 0 Å². The van der Waals surface area contributed by atoms with Gasteiger partial charge < -0.3 is 4.57 Å². The summed E-state index contributed by atoms with van der Waals surface area (Å²) < 4.78 is 3.07. The maximum atomic E-state index is 12.6. The first-order chi connectivity index (χ1) is 13.4. The van der Waals surface area contributed by atoms with Gasteiger partial charge >= 0.3 is 0 Å². The Balaban J connectivity index is 1.62. The minimum Gasteiger partial charge on any atom is -0.338 e. The van der Waals surface area contributed by atoms with Gasteiger partial charge in [0.2, 0.25) is 0 Å². The molecule has 28 heavy (non-hydrogen) atoms. The maximum absolute atomic E-state index is 12.6. The molecule has 0 saturated heterocycles. The Kier molecular flexibility index (Phi) is 4.79. The topological polar surface area (TPSA) is 56.9 Å². The number of carbonyl (C=O) groups is 1. The smallest absolute Gasteiger partial charge is 0.291 e. The van der Waals surface area contributed by atoms with Crippen LogP contribution in [0.4, 0.5) is 0 Å². The predicted molar refractivity (Wildman–Crippen MR) is 110 cm³/mol. The van der Waals surface area contributed by atoms with E-state index in [1.807, 2.05) is 22.9 Å². The number of carbonyl (C=O) groups excluding carboxylic acids is 1. The molecule has 4 rings (SSSR count). The molecule has 0 spiro atoms. The second kappa shape index (κ2) is 7.26. The van der Waals surface area contributed by atoms with E-state index >= 15 is 0 Å². The molecule has 0 atom stereocenters. The Hall–Kier alpha value is -2.89. The maximum Gasteiger partial charge on any atom is 0.291 e. The van der Waals surface area contributed by atoms with Crippen molar-refractivity contribution < 1.29 is 4.79 Å². The Morgan fingerprint density at radius 2 is 1.57 bits per heavy atom. The highest BCUT2D eigenvalue weighted by molar-refractivity contribution is 6.34. The number of ketones is 1. The lowest BCUT2D eigenvalue weighted by atomic mass is 10.0. The van der Waals surface area contributed by atoms with Crippen LogP contribution in [-0.2, 0) is 13.6 Å². The molecule has 0 fully saturated rings. The summed E-state index contributed by atoms with van der Waals surface area (Å²) in [4.78, 5) is 25.0. The van der Waals surface area contributed by atoms with Crippen molar-refractivity contribution in [3.8, 4) is 0 Å². The van der Waals surface area contributed by atoms with E-state index in [0.29, 0.717) is 38.8 Å². The lowest BCUT2D eigenvalue weighted by Crippen LogP contribution is -2.22. The number of benzene rings is 2. The van der Waals surface area contributed by atoms with Crippen molar-refractivity contribution in [2.45, 2.75) is 6.54 Å². The number of rotatable bonds is 4. The van der Waals surface area contributed by atoms with E-state index in [2.05, 4.69) is 5.10 Å². The predicted octanol–water partition coefficient (Wildman–Crippen LogP) is 4.32. The van der Waals surface area contributed by atoms with Crippen LogP contribution in [-0.4, -0.2) is 20.1 Å². The monoisotopic (exact) mass is 411 g/mol. The molecular weight excluding hydrogens is 397 g/mol. The van der Waals surface area contributed by atoms with Gasteiger partial charge in [-0.05, 0) is 35.9 Å². The van der Waals surface area contributed by atoms with Gasteiger partial charge in [0.15, 0.2) is 10.9 Å². The van der Waals surface area contributed by atoms with Gasteiger partial charge in [-0.1, -0.05) is 47.5 Å². The van der Waals surface area contributed by atoms with Gasteiger partial charge in [0.05, 0.1) is 0 Å². The molecule has 2 aromatic carbocycles. The van der Waals surface area contributed by atoms with Crippen LogP contribution in [0.5, 0.6) is 0 Å². The van der Waals surface area contributed by atoms with Gasteiger partial charge in [0.1, 0.15) is 5.52 Å². The standard InChI is InChI=1S/C21H15Cl2N3O2/c1-25-21(28)18-17(20(23)24-25)10-11-26(18)12-13-2-4-14(5-3-13)19(27)15-6-8-16(22)9-7-15/h2-11H,12H2,1H3. The fraction of sp³-hybridized carbons (Fsp3) is 0.0952. The summed E-state index contributed by atoms with van der Waals surface area (Å²) >= 11 is 12.0. The van der Waals surface area contributed by atoms with Crippen molar-refractivity contribution >= 4 is 39.9 Å². The van der Waals surface area contributed by atoms with Crippen LogP contribution in [0.3, 0.4) is 0 Å². The zero-order valence-electron chi connectivity index (χ0n) is 14.9. The number of aryl methyl sites for hydroxylation is 1. The lowest BCUT2D eigenvalue weighted by Gasteiger charge is -2.08. The molecule has 0 unspecified atom stereocenters. The molecule has 7 heteroatoms. The van der Waals surface area contributed by atoms with Gasteiger partial charge in [0.25, 0.3) is 5.56 Å². The lowest BCUT2D eigenvalue weighted by molar-refractivity contribution is 0.103. The summed E-state index contributed by atoms with van der Waals surface area (Å²) in [6.07, 6.45) is 1.81. The van der Waals surface area contributed by atoms with Gasteiger partial charge in [-0.2, -0.15) is 5.10 Å². The van der Waals surface area contributed by atoms with E-state index in [-0.39, 0.29) is 11.3 Å². The van der Waals surface area contributed by atoms with E-state index in [4.69, 9.17) is 23.2 Å². The molecule has 0 radical (unpaired) electrons. The molecule has 5 nitrogen and oxygen atoms in total. The summed E-state index contributed by atoms with van der Waals surface area (Å²) in [6, 6.07) is 15.9. The number of hydrogen-bond acceptors (Lipinski definition) is 3. The van der Waals surface area contributed by atoms with Crippen LogP contribution in [0.15, 0.2) is 65.6 Å². The molecule has 2 heterocycles. The Morgan fingerprint density at radius 3 is 2.21 bits per heavy atom. The Morgan fingerprint density at radius 1 is 0.964 bits per heavy atom. The summed E-state index contributed by atoms with van der Waals surface area (Å²) in [7, 11) is 1.57. The van der Waals surface area contributed by atoms with Crippen LogP contribution in [0.1, 0.15) is 21.5 Å². The highest BCUT2D eigenvalue weighted by Crippen LogP contribution is 2.21. The molecule has 0 amide bonds. The van der Waals surface area contributed by atoms with Crippen LogP contribution >= 0.6 is 23.2 Å². The SMILES string of the molecule is Cn1nc(Cl)c2ccn(Cc3ccc(C(=O)c4ccc(Cl)cc4)cc3)c2c1=O. The Bertz CT molecular complexity index is 1240. The van der Waals surface area contributed by atoms with Crippen LogP contribution in [0.25, 0.3) is 10.9 Å². The summed E-state index contributed by atoms with van der Waals surface area (Å²) in [5.74, 6) is -0.0682. The van der Waals surface area contributed by atoms with Crippen molar-refractivity contribution in [2.24, 2.45) is 7.05 Å². The number of hydrogen-bond donors (Lipinski definition) is 0. The van der Waals surface area contributed by atoms with Crippen LogP contribution in [0.2, 0.25) is 10.2 Å². The van der Waals surface area contributed by atoms with E-state index in [0.717, 1.165) is 5.56 Å². The first-order valence-electron chi connectivity index (χ1n) is 8.55. The van der Waals surface area contributed by atoms with E-state index in [9.17, 15) is 9.59 Å². The van der Waals surface area contributed by atoms with Crippen molar-refractivity contribution in [1.29, 1.82) is 0 Å². The van der Waals surface area contributed by atoms with Crippen molar-refractivity contribution in [3.05, 3.63) is 98.0 Å². The molecule has 0 aliphatic heterocycles. The molecule has 4 aromatic rings. The molecule has 0 bridgehead atoms. The van der Waals surface area contributed by atoms with Gasteiger partial charge in [0, 0.05) is 41.3 Å². The second-order valence-corrected chi connectivity index (χ2v) is 7.25. The molecule has 0 saturated carbocycles. The van der Waals surface area contributed by atoms with Crippen molar-refractivity contribution in [2.75, 3.05) is 0 Å². The van der Waals surface area contributed by atoms with Gasteiger partial charge in [-0.25, -0.2) is 4.68 Å². The number of halogens is 2.